The fourth-order valence-corrected chi connectivity index (χ4v) is 6.98. The fraction of sp³-hybridized carbons (Fsp3) is 0.0556. The molecule has 7 rings (SSSR count). The molecule has 0 saturated carbocycles. The number of rotatable bonds is 13. The monoisotopic (exact) mass is 735 g/mol. The van der Waals surface area contributed by atoms with Crippen LogP contribution >= 0.6 is 0 Å². The lowest BCUT2D eigenvalue weighted by molar-refractivity contribution is 1.22. The lowest BCUT2D eigenvalue weighted by Gasteiger charge is -2.19. The summed E-state index contributed by atoms with van der Waals surface area (Å²) in [5, 5.41) is 0. The fourth-order valence-electron chi connectivity index (χ4n) is 6.98. The first kappa shape index (κ1) is 38.1. The molecule has 0 aliphatic rings. The van der Waals surface area contributed by atoms with Crippen LogP contribution in [-0.2, 0) is 6.42 Å². The number of hydrogen-bond donors (Lipinski definition) is 0. The van der Waals surface area contributed by atoms with Gasteiger partial charge in [0.05, 0.1) is 5.70 Å². The van der Waals surface area contributed by atoms with Gasteiger partial charge in [-0.15, -0.1) is 0 Å². The zero-order valence-electron chi connectivity index (χ0n) is 32.3. The largest absolute Gasteiger partial charge is 0.264 e. The number of hydrogen-bond acceptors (Lipinski definition) is 2. The van der Waals surface area contributed by atoms with Gasteiger partial charge in [0.15, 0.2) is 5.84 Å². The Labute approximate surface area is 337 Å². The number of aliphatic imine (C=N–C) groups is 2. The van der Waals surface area contributed by atoms with E-state index in [1.54, 1.807) is 12.3 Å². The van der Waals surface area contributed by atoms with Crippen molar-refractivity contribution in [2.24, 2.45) is 9.98 Å². The number of allylic oxidation sites excluding steroid dienone is 4. The van der Waals surface area contributed by atoms with E-state index < -0.39 is 0 Å². The summed E-state index contributed by atoms with van der Waals surface area (Å²) in [6.07, 6.45) is 15.2. The van der Waals surface area contributed by atoms with Gasteiger partial charge in [-0.25, -0.2) is 9.98 Å². The average Bonchev–Trinajstić information content (AvgIpc) is 3.29. The molecule has 0 spiro atoms. The highest BCUT2D eigenvalue weighted by atomic mass is 14.9. The molecule has 3 heteroatoms. The van der Waals surface area contributed by atoms with Gasteiger partial charge in [0.2, 0.25) is 0 Å². The van der Waals surface area contributed by atoms with Gasteiger partial charge in [0.25, 0.3) is 0 Å². The summed E-state index contributed by atoms with van der Waals surface area (Å²) in [7, 11) is 0. The Bertz CT molecular complexity index is 2500. The molecule has 0 aliphatic heterocycles. The Morgan fingerprint density at radius 1 is 0.614 bits per heavy atom. The molecule has 0 radical (unpaired) electrons. The van der Waals surface area contributed by atoms with Gasteiger partial charge in [0.1, 0.15) is 0 Å². The van der Waals surface area contributed by atoms with Gasteiger partial charge >= 0.3 is 0 Å². The highest BCUT2D eigenvalue weighted by molar-refractivity contribution is 6.06. The van der Waals surface area contributed by atoms with E-state index in [0.29, 0.717) is 12.3 Å². The third-order valence-electron chi connectivity index (χ3n) is 9.80. The van der Waals surface area contributed by atoms with E-state index in [1.165, 1.54) is 33.4 Å². The van der Waals surface area contributed by atoms with E-state index in [-0.39, 0.29) is 0 Å². The minimum Gasteiger partial charge on any atom is -0.264 e. The Hall–Kier alpha value is -7.23. The molecule has 0 amide bonds. The Morgan fingerprint density at radius 2 is 1.23 bits per heavy atom. The van der Waals surface area contributed by atoms with Crippen LogP contribution in [0, 0.1) is 0 Å². The van der Waals surface area contributed by atoms with Crippen molar-refractivity contribution in [3.63, 3.8) is 0 Å². The molecular weight excluding hydrogens is 691 g/mol. The van der Waals surface area contributed by atoms with Crippen molar-refractivity contribution in [2.45, 2.75) is 19.8 Å². The normalized spacial score (nSPS) is 12.1. The van der Waals surface area contributed by atoms with Crippen LogP contribution in [0.4, 0.5) is 0 Å². The Kier molecular flexibility index (Phi) is 12.6. The van der Waals surface area contributed by atoms with E-state index in [2.05, 4.69) is 200 Å². The molecule has 6 aromatic carbocycles. The van der Waals surface area contributed by atoms with E-state index in [1.807, 2.05) is 24.4 Å². The highest BCUT2D eigenvalue weighted by Crippen LogP contribution is 2.43. The summed E-state index contributed by atoms with van der Waals surface area (Å²) >= 11 is 0. The maximum atomic E-state index is 5.18. The molecule has 1 heterocycles. The van der Waals surface area contributed by atoms with Gasteiger partial charge in [0, 0.05) is 18.0 Å². The van der Waals surface area contributed by atoms with Gasteiger partial charge < -0.3 is 0 Å². The van der Waals surface area contributed by atoms with Gasteiger partial charge in [-0.3, -0.25) is 4.98 Å². The van der Waals surface area contributed by atoms with Crippen LogP contribution in [0.5, 0.6) is 0 Å². The number of nitrogens with zero attached hydrogens (tertiary/aromatic N) is 3. The van der Waals surface area contributed by atoms with Crippen molar-refractivity contribution >= 4 is 18.3 Å². The molecule has 1 aromatic heterocycles. The predicted octanol–water partition coefficient (Wildman–Crippen LogP) is 14.2. The smallest absolute Gasteiger partial charge is 0.159 e. The van der Waals surface area contributed by atoms with Crippen molar-refractivity contribution < 1.29 is 0 Å². The molecule has 3 nitrogen and oxygen atoms in total. The van der Waals surface area contributed by atoms with Crippen LogP contribution in [0.1, 0.15) is 24.5 Å². The molecule has 57 heavy (non-hydrogen) atoms. The van der Waals surface area contributed by atoms with E-state index in [9.17, 15) is 0 Å². The minimum atomic E-state index is 0.535. The molecule has 0 atom stereocenters. The summed E-state index contributed by atoms with van der Waals surface area (Å²) in [4.78, 5) is 13.9. The Balaban J connectivity index is 1.37. The third kappa shape index (κ3) is 9.36. The standard InChI is InChI=1S/C54H45N3/c1-4-6-20-46(18-5-2)54(55-3)57-52(34-29-40-19-16-27-47(36-40)48-28-17-35-56-39-48)44-30-32-45(33-31-44)53-50(42-23-12-8-13-24-42)37-49(41-21-10-7-11-22-41)38-51(53)43-25-14-9-15-26-43/h5-28,30-39H,2-4,29H2,1H3/b20-6-,46-18+,52-34-,57-54+. The quantitative estimate of drug-likeness (QED) is 0.0660. The second-order valence-electron chi connectivity index (χ2n) is 13.6. The minimum absolute atomic E-state index is 0.535. The van der Waals surface area contributed by atoms with Crippen molar-refractivity contribution in [2.75, 3.05) is 0 Å². The van der Waals surface area contributed by atoms with Gasteiger partial charge in [-0.2, -0.15) is 0 Å². The van der Waals surface area contributed by atoms with Gasteiger partial charge in [-0.05, 0) is 105 Å². The summed E-state index contributed by atoms with van der Waals surface area (Å²) in [5.41, 5.74) is 15.3. The van der Waals surface area contributed by atoms with Crippen LogP contribution in [0.2, 0.25) is 0 Å². The molecular formula is C54H45N3. The molecule has 0 fully saturated rings. The van der Waals surface area contributed by atoms with E-state index >= 15 is 0 Å². The van der Waals surface area contributed by atoms with Crippen LogP contribution < -0.4 is 0 Å². The van der Waals surface area contributed by atoms with E-state index in [0.717, 1.165) is 51.1 Å². The predicted molar refractivity (Wildman–Crippen MR) is 244 cm³/mol. The van der Waals surface area contributed by atoms with Crippen molar-refractivity contribution in [1.82, 2.24) is 4.98 Å². The summed E-state index contributed by atoms with van der Waals surface area (Å²) in [5.74, 6) is 0.535. The number of benzene rings is 6. The first-order valence-electron chi connectivity index (χ1n) is 19.3. The molecule has 0 aliphatic carbocycles. The topological polar surface area (TPSA) is 37.6 Å². The van der Waals surface area contributed by atoms with Gasteiger partial charge in [-0.1, -0.05) is 189 Å². The van der Waals surface area contributed by atoms with Crippen molar-refractivity contribution in [3.8, 4) is 55.6 Å². The third-order valence-corrected chi connectivity index (χ3v) is 9.80. The molecule has 7 aromatic rings. The van der Waals surface area contributed by atoms with Crippen LogP contribution in [0.3, 0.4) is 0 Å². The summed E-state index contributed by atoms with van der Waals surface area (Å²) in [6, 6.07) is 58.0. The molecule has 0 N–H and O–H groups in total. The zero-order valence-corrected chi connectivity index (χ0v) is 32.3. The Morgan fingerprint density at radius 3 is 1.81 bits per heavy atom. The molecule has 0 bridgehead atoms. The maximum absolute atomic E-state index is 5.18. The first-order chi connectivity index (χ1) is 28.1. The van der Waals surface area contributed by atoms with Crippen molar-refractivity contribution in [1.29, 1.82) is 0 Å². The van der Waals surface area contributed by atoms with Crippen LogP contribution in [0.25, 0.3) is 61.3 Å². The number of amidine groups is 1. The summed E-state index contributed by atoms with van der Waals surface area (Å²) < 4.78 is 0. The van der Waals surface area contributed by atoms with Crippen molar-refractivity contribution in [3.05, 3.63) is 230 Å². The van der Waals surface area contributed by atoms with Crippen LogP contribution in [-0.4, -0.2) is 17.5 Å². The maximum Gasteiger partial charge on any atom is 0.159 e. The van der Waals surface area contributed by atoms with Crippen LogP contribution in [0.15, 0.2) is 229 Å². The average molecular weight is 736 g/mol. The number of pyridine rings is 1. The second-order valence-corrected chi connectivity index (χ2v) is 13.6. The molecule has 0 unspecified atom stereocenters. The lowest BCUT2D eigenvalue weighted by Crippen LogP contribution is -1.99. The zero-order chi connectivity index (χ0) is 39.2. The number of aromatic nitrogens is 1. The second kappa shape index (κ2) is 18.9. The highest BCUT2D eigenvalue weighted by Gasteiger charge is 2.18. The van der Waals surface area contributed by atoms with E-state index in [4.69, 9.17) is 4.99 Å². The molecule has 276 valence electrons. The first-order valence-corrected chi connectivity index (χ1v) is 19.3. The molecule has 0 saturated heterocycles. The lowest BCUT2D eigenvalue weighted by atomic mass is 9.84. The SMILES string of the molecule is C=C/C=C(\C=C/CC)C(/N=C)=N\C(=C/Cc1cccc(-c2cccnc2)c1)c1ccc(-c2c(-c3ccccc3)cc(-c3ccccc3)cc2-c2ccccc2)cc1. The summed E-state index contributed by atoms with van der Waals surface area (Å²) in [6.45, 7) is 9.97.